The number of hydrogen-bond donors (Lipinski definition) is 2. The number of anilines is 2. The van der Waals surface area contributed by atoms with Gasteiger partial charge in [0.25, 0.3) is 0 Å². The Kier molecular flexibility index (Phi) is 8.23. The topological polar surface area (TPSA) is 61.8 Å². The lowest BCUT2D eigenvalue weighted by Gasteiger charge is -2.28. The summed E-state index contributed by atoms with van der Waals surface area (Å²) in [7, 11) is 0. The molecular formula is C21H34N2O3. The van der Waals surface area contributed by atoms with Gasteiger partial charge in [-0.25, -0.2) is 4.79 Å². The highest BCUT2D eigenvalue weighted by Crippen LogP contribution is 2.32. The largest absolute Gasteiger partial charge is 0.465 e. The van der Waals surface area contributed by atoms with Crippen LogP contribution in [0.2, 0.25) is 0 Å². The third kappa shape index (κ3) is 6.87. The van der Waals surface area contributed by atoms with Gasteiger partial charge < -0.3 is 14.7 Å². The van der Waals surface area contributed by atoms with E-state index < -0.39 is 6.09 Å². The summed E-state index contributed by atoms with van der Waals surface area (Å²) < 4.78 is 5.27. The highest BCUT2D eigenvalue weighted by atomic mass is 16.5. The first-order chi connectivity index (χ1) is 12.5. The number of benzene rings is 1. The first kappa shape index (κ1) is 20.6. The van der Waals surface area contributed by atoms with Crippen molar-refractivity contribution in [2.45, 2.75) is 46.5 Å². The average Bonchev–Trinajstić information content (AvgIpc) is 2.63. The molecule has 1 aromatic rings. The predicted molar refractivity (Wildman–Crippen MR) is 107 cm³/mol. The first-order valence-corrected chi connectivity index (χ1v) is 9.88. The molecule has 26 heavy (non-hydrogen) atoms. The smallest absolute Gasteiger partial charge is 0.409 e. The number of nitrogens with one attached hydrogen (secondary N) is 1. The van der Waals surface area contributed by atoms with Crippen molar-refractivity contribution < 1.29 is 14.6 Å². The maximum Gasteiger partial charge on any atom is 0.409 e. The summed E-state index contributed by atoms with van der Waals surface area (Å²) in [5.41, 5.74) is 1.68. The van der Waals surface area contributed by atoms with E-state index in [9.17, 15) is 4.79 Å². The number of carboxylic acid groups (broad SMARTS) is 1. The van der Waals surface area contributed by atoms with Crippen LogP contribution in [0, 0.1) is 17.8 Å². The van der Waals surface area contributed by atoms with Crippen molar-refractivity contribution in [2.24, 2.45) is 17.8 Å². The zero-order valence-corrected chi connectivity index (χ0v) is 16.4. The van der Waals surface area contributed by atoms with Gasteiger partial charge in [0.05, 0.1) is 13.2 Å². The molecule has 0 atom stereocenters. The lowest BCUT2D eigenvalue weighted by molar-refractivity contribution is 0.122. The van der Waals surface area contributed by atoms with Crippen LogP contribution >= 0.6 is 0 Å². The molecule has 1 aliphatic heterocycles. The van der Waals surface area contributed by atoms with E-state index in [1.54, 1.807) is 12.1 Å². The van der Waals surface area contributed by atoms with Crippen LogP contribution in [0.25, 0.3) is 0 Å². The fourth-order valence-corrected chi connectivity index (χ4v) is 3.65. The van der Waals surface area contributed by atoms with E-state index in [-0.39, 0.29) is 0 Å². The molecule has 1 amide bonds. The summed E-state index contributed by atoms with van der Waals surface area (Å²) in [5, 5.41) is 10.9. The summed E-state index contributed by atoms with van der Waals surface area (Å²) in [6, 6.07) is 7.35. The summed E-state index contributed by atoms with van der Waals surface area (Å²) >= 11 is 0. The molecule has 1 aromatic carbocycles. The van der Waals surface area contributed by atoms with E-state index in [0.717, 1.165) is 49.7 Å². The number of hydrogen-bond acceptors (Lipinski definition) is 3. The highest BCUT2D eigenvalue weighted by molar-refractivity contribution is 5.83. The van der Waals surface area contributed by atoms with Gasteiger partial charge in [-0.3, -0.25) is 5.32 Å². The monoisotopic (exact) mass is 362 g/mol. The molecule has 1 saturated carbocycles. The average molecular weight is 363 g/mol. The van der Waals surface area contributed by atoms with Gasteiger partial charge in [-0.1, -0.05) is 33.6 Å². The van der Waals surface area contributed by atoms with Crippen molar-refractivity contribution in [1.82, 2.24) is 0 Å². The van der Waals surface area contributed by atoms with Gasteiger partial charge in [0.1, 0.15) is 0 Å². The Balaban J connectivity index is 0.000000209. The second-order valence-electron chi connectivity index (χ2n) is 7.84. The van der Waals surface area contributed by atoms with E-state index >= 15 is 0 Å². The van der Waals surface area contributed by atoms with Gasteiger partial charge in [-0.05, 0) is 54.9 Å². The van der Waals surface area contributed by atoms with Gasteiger partial charge in [-0.2, -0.15) is 0 Å². The molecular weight excluding hydrogens is 328 g/mol. The highest BCUT2D eigenvalue weighted by Gasteiger charge is 2.20. The maximum absolute atomic E-state index is 10.4. The van der Waals surface area contributed by atoms with Crippen LogP contribution in [0.4, 0.5) is 16.2 Å². The Labute approximate surface area is 157 Å². The van der Waals surface area contributed by atoms with Crippen LogP contribution in [-0.2, 0) is 4.74 Å². The third-order valence-electron chi connectivity index (χ3n) is 5.50. The molecule has 1 heterocycles. The lowest BCUT2D eigenvalue weighted by Crippen LogP contribution is -2.36. The van der Waals surface area contributed by atoms with E-state index in [1.807, 2.05) is 12.1 Å². The summed E-state index contributed by atoms with van der Waals surface area (Å²) in [6.45, 7) is 10.4. The van der Waals surface area contributed by atoms with Gasteiger partial charge in [0, 0.05) is 24.5 Å². The number of nitrogens with zero attached hydrogens (tertiary/aromatic N) is 1. The van der Waals surface area contributed by atoms with Gasteiger partial charge in [0.15, 0.2) is 0 Å². The number of carbonyl (C=O) groups is 1. The van der Waals surface area contributed by atoms with Crippen molar-refractivity contribution in [1.29, 1.82) is 0 Å². The molecule has 0 radical (unpaired) electrons. The lowest BCUT2D eigenvalue weighted by atomic mass is 9.78. The van der Waals surface area contributed by atoms with Crippen LogP contribution in [0.3, 0.4) is 0 Å². The number of rotatable bonds is 3. The molecule has 3 rings (SSSR count). The standard InChI is InChI=1S/C11H14N2O3.C10H20/c14-11(15)12-9-1-3-10(4-2-9)13-5-7-16-8-6-13;1-8(2)10-6-4-9(3)5-7-10/h1-4,12H,5-8H2,(H,14,15);8-10H,4-7H2,1-3H3. The molecule has 1 saturated heterocycles. The Bertz CT molecular complexity index is 531. The predicted octanol–water partition coefficient (Wildman–Crippen LogP) is 5.08. The molecule has 146 valence electrons. The van der Waals surface area contributed by atoms with E-state index in [0.29, 0.717) is 5.69 Å². The van der Waals surface area contributed by atoms with Crippen molar-refractivity contribution in [3.05, 3.63) is 24.3 Å². The quantitative estimate of drug-likeness (QED) is 0.787. The van der Waals surface area contributed by atoms with Crippen LogP contribution in [0.1, 0.15) is 46.5 Å². The Hall–Kier alpha value is -1.75. The molecule has 2 aliphatic rings. The zero-order chi connectivity index (χ0) is 18.9. The minimum atomic E-state index is -1.04. The van der Waals surface area contributed by atoms with E-state index in [4.69, 9.17) is 9.84 Å². The Morgan fingerprint density at radius 2 is 1.69 bits per heavy atom. The van der Waals surface area contributed by atoms with Crippen molar-refractivity contribution >= 4 is 17.5 Å². The van der Waals surface area contributed by atoms with Gasteiger partial charge in [0.2, 0.25) is 0 Å². The fraction of sp³-hybridized carbons (Fsp3) is 0.667. The van der Waals surface area contributed by atoms with E-state index in [2.05, 4.69) is 31.0 Å². The van der Waals surface area contributed by atoms with Crippen molar-refractivity contribution in [3.8, 4) is 0 Å². The minimum absolute atomic E-state index is 0.588. The molecule has 0 bridgehead atoms. The van der Waals surface area contributed by atoms with Crippen LogP contribution < -0.4 is 10.2 Å². The third-order valence-corrected chi connectivity index (χ3v) is 5.50. The number of morpholine rings is 1. The Morgan fingerprint density at radius 1 is 1.12 bits per heavy atom. The summed E-state index contributed by atoms with van der Waals surface area (Å²) in [6.07, 6.45) is 4.88. The molecule has 5 nitrogen and oxygen atoms in total. The molecule has 0 spiro atoms. The zero-order valence-electron chi connectivity index (χ0n) is 16.4. The minimum Gasteiger partial charge on any atom is -0.465 e. The second kappa shape index (κ2) is 10.4. The molecule has 1 aliphatic carbocycles. The van der Waals surface area contributed by atoms with Crippen LogP contribution in [0.5, 0.6) is 0 Å². The molecule has 0 unspecified atom stereocenters. The molecule has 2 N–H and O–H groups in total. The normalized spacial score (nSPS) is 23.2. The number of amides is 1. The number of ether oxygens (including phenoxy) is 1. The maximum atomic E-state index is 10.4. The van der Waals surface area contributed by atoms with Crippen LogP contribution in [0.15, 0.2) is 24.3 Å². The van der Waals surface area contributed by atoms with E-state index in [1.165, 1.54) is 25.7 Å². The fourth-order valence-electron chi connectivity index (χ4n) is 3.65. The van der Waals surface area contributed by atoms with Crippen molar-refractivity contribution in [2.75, 3.05) is 36.5 Å². The van der Waals surface area contributed by atoms with Crippen LogP contribution in [-0.4, -0.2) is 37.5 Å². The molecule has 5 heteroatoms. The molecule has 0 aromatic heterocycles. The first-order valence-electron chi connectivity index (χ1n) is 9.88. The van der Waals surface area contributed by atoms with Gasteiger partial charge >= 0.3 is 6.09 Å². The Morgan fingerprint density at radius 3 is 2.19 bits per heavy atom. The summed E-state index contributed by atoms with van der Waals surface area (Å²) in [5.74, 6) is 2.97. The SMILES string of the molecule is CC1CCC(C(C)C)CC1.O=C(O)Nc1ccc(N2CCOCC2)cc1. The van der Waals surface area contributed by atoms with Crippen molar-refractivity contribution in [3.63, 3.8) is 0 Å². The second-order valence-corrected chi connectivity index (χ2v) is 7.84. The van der Waals surface area contributed by atoms with Gasteiger partial charge in [-0.15, -0.1) is 0 Å². The molecule has 2 fully saturated rings. The summed E-state index contributed by atoms with van der Waals surface area (Å²) in [4.78, 5) is 12.6.